The van der Waals surface area contributed by atoms with E-state index in [1.165, 1.54) is 29.7 Å². The quantitative estimate of drug-likeness (QED) is 0.287. The van der Waals surface area contributed by atoms with Crippen LogP contribution in [0.2, 0.25) is 0 Å². The summed E-state index contributed by atoms with van der Waals surface area (Å²) in [6.07, 6.45) is 9.31. The number of carbonyl (C=O) groups is 2. The van der Waals surface area contributed by atoms with Gasteiger partial charge in [0.1, 0.15) is 0 Å². The Morgan fingerprint density at radius 2 is 1.67 bits per heavy atom. The number of carbonyl (C=O) groups excluding carboxylic acids is 2. The molecule has 0 radical (unpaired) electrons. The van der Waals surface area contributed by atoms with Gasteiger partial charge in [-0.2, -0.15) is 0 Å². The van der Waals surface area contributed by atoms with Gasteiger partial charge < -0.3 is 10.6 Å². The number of benzene rings is 2. The Morgan fingerprint density at radius 1 is 0.917 bits per heavy atom. The van der Waals surface area contributed by atoms with Crippen LogP contribution in [0.15, 0.2) is 60.0 Å². The first-order valence-electron chi connectivity index (χ1n) is 13.4. The lowest BCUT2D eigenvalue weighted by Gasteiger charge is -2.35. The lowest BCUT2D eigenvalue weighted by molar-refractivity contribution is -0.138. The van der Waals surface area contributed by atoms with Crippen LogP contribution in [-0.2, 0) is 17.6 Å². The van der Waals surface area contributed by atoms with Crippen LogP contribution in [-0.4, -0.2) is 29.7 Å². The van der Waals surface area contributed by atoms with E-state index >= 15 is 0 Å². The van der Waals surface area contributed by atoms with E-state index in [-0.39, 0.29) is 11.7 Å². The first-order chi connectivity index (χ1) is 17.6. The van der Waals surface area contributed by atoms with Gasteiger partial charge in [-0.05, 0) is 78.3 Å². The van der Waals surface area contributed by atoms with Crippen molar-refractivity contribution in [1.82, 2.24) is 4.90 Å². The summed E-state index contributed by atoms with van der Waals surface area (Å²) in [4.78, 5) is 29.1. The average molecular weight is 501 g/mol. The minimum absolute atomic E-state index is 0.0890. The summed E-state index contributed by atoms with van der Waals surface area (Å²) in [5.41, 5.74) is 10.8. The summed E-state index contributed by atoms with van der Waals surface area (Å²) < 4.78 is 0. The second-order valence-electron chi connectivity index (χ2n) is 10.5. The number of ketones is 1. The van der Waals surface area contributed by atoms with Crippen molar-refractivity contribution in [2.24, 2.45) is 11.8 Å². The van der Waals surface area contributed by atoms with Gasteiger partial charge in [-0.1, -0.05) is 55.7 Å². The molecule has 1 aromatic heterocycles. The smallest absolute Gasteiger partial charge is 0.225 e. The molecule has 0 atom stereocenters. The predicted octanol–water partition coefficient (Wildman–Crippen LogP) is 6.78. The highest BCUT2D eigenvalue weighted by molar-refractivity contribution is 7.13. The van der Waals surface area contributed by atoms with Crippen molar-refractivity contribution in [3.63, 3.8) is 0 Å². The van der Waals surface area contributed by atoms with Crippen molar-refractivity contribution in [3.8, 4) is 10.4 Å². The maximum absolute atomic E-state index is 13.0. The van der Waals surface area contributed by atoms with Crippen molar-refractivity contribution < 1.29 is 9.59 Å². The summed E-state index contributed by atoms with van der Waals surface area (Å²) in [5, 5.41) is 2.05. The first-order valence-corrected chi connectivity index (χ1v) is 14.3. The molecule has 5 rings (SSSR count). The van der Waals surface area contributed by atoms with E-state index in [1.54, 1.807) is 11.3 Å². The van der Waals surface area contributed by atoms with Gasteiger partial charge in [0.25, 0.3) is 0 Å². The number of nitrogens with zero attached hydrogens (tertiary/aromatic N) is 1. The fourth-order valence-corrected chi connectivity index (χ4v) is 6.48. The van der Waals surface area contributed by atoms with Gasteiger partial charge in [-0.3, -0.25) is 9.59 Å². The predicted molar refractivity (Wildman–Crippen MR) is 148 cm³/mol. The van der Waals surface area contributed by atoms with E-state index in [2.05, 4.69) is 28.5 Å². The van der Waals surface area contributed by atoms with Crippen LogP contribution in [0.25, 0.3) is 10.4 Å². The Bertz CT molecular complexity index is 1170. The number of nitrogen functional groups attached to an aromatic ring is 1. The Kier molecular flexibility index (Phi) is 7.86. The highest BCUT2D eigenvalue weighted by Gasteiger charge is 2.29. The van der Waals surface area contributed by atoms with E-state index < -0.39 is 0 Å². The molecule has 188 valence electrons. The molecule has 0 bridgehead atoms. The summed E-state index contributed by atoms with van der Waals surface area (Å²) >= 11 is 1.68. The number of hydrogen-bond acceptors (Lipinski definition) is 4. The van der Waals surface area contributed by atoms with Gasteiger partial charge in [-0.25, -0.2) is 0 Å². The molecule has 2 fully saturated rings. The molecule has 1 aliphatic carbocycles. The fraction of sp³-hybridized carbons (Fsp3) is 0.419. The molecule has 36 heavy (non-hydrogen) atoms. The summed E-state index contributed by atoms with van der Waals surface area (Å²) in [6, 6.07) is 18.2. The number of amides is 1. The number of rotatable bonds is 7. The molecular formula is C31H36N2O2S. The molecule has 1 amide bonds. The van der Waals surface area contributed by atoms with Gasteiger partial charge in [0.05, 0.1) is 0 Å². The summed E-state index contributed by atoms with van der Waals surface area (Å²) in [7, 11) is 0. The Labute approximate surface area is 218 Å². The normalized spacial score (nSPS) is 17.3. The van der Waals surface area contributed by atoms with Gasteiger partial charge in [0, 0.05) is 41.6 Å². The molecule has 2 aromatic carbocycles. The Morgan fingerprint density at radius 3 is 2.36 bits per heavy atom. The van der Waals surface area contributed by atoms with Gasteiger partial charge in [0.15, 0.2) is 5.78 Å². The molecule has 5 heteroatoms. The Hall–Kier alpha value is -2.92. The van der Waals surface area contributed by atoms with Crippen molar-refractivity contribution in [2.45, 2.75) is 57.8 Å². The van der Waals surface area contributed by atoms with Crippen LogP contribution in [0.1, 0.15) is 66.4 Å². The van der Waals surface area contributed by atoms with Crippen LogP contribution in [0.3, 0.4) is 0 Å². The number of likely N-dealkylation sites (tertiary alicyclic amines) is 1. The zero-order valence-electron chi connectivity index (χ0n) is 21.0. The highest BCUT2D eigenvalue weighted by atomic mass is 32.1. The SMILES string of the molecule is Nc1ccc(-c2cccs2)cc1CC(=O)c1ccc(CC2CCN(C(=O)C3CCCCC3)CC2)cc1. The minimum atomic E-state index is 0.0890. The molecule has 1 saturated carbocycles. The highest BCUT2D eigenvalue weighted by Crippen LogP contribution is 2.30. The van der Waals surface area contributed by atoms with Crippen LogP contribution < -0.4 is 5.73 Å². The number of piperidine rings is 1. The third-order valence-electron chi connectivity index (χ3n) is 7.98. The monoisotopic (exact) mass is 500 g/mol. The van der Waals surface area contributed by atoms with Crippen LogP contribution in [0, 0.1) is 11.8 Å². The number of nitrogens with two attached hydrogens (primary N) is 1. The second-order valence-corrected chi connectivity index (χ2v) is 11.4. The molecule has 3 aromatic rings. The molecule has 0 spiro atoms. The second kappa shape index (κ2) is 11.4. The van der Waals surface area contributed by atoms with Gasteiger partial charge in [-0.15, -0.1) is 11.3 Å². The van der Waals surface area contributed by atoms with Crippen molar-refractivity contribution in [2.75, 3.05) is 18.8 Å². The third-order valence-corrected chi connectivity index (χ3v) is 8.90. The first kappa shape index (κ1) is 24.8. The van der Waals surface area contributed by atoms with E-state index in [1.807, 2.05) is 36.4 Å². The van der Waals surface area contributed by atoms with E-state index in [9.17, 15) is 9.59 Å². The topological polar surface area (TPSA) is 63.4 Å². The molecule has 2 heterocycles. The minimum Gasteiger partial charge on any atom is -0.398 e. The summed E-state index contributed by atoms with van der Waals surface area (Å²) in [5.74, 6) is 1.36. The van der Waals surface area contributed by atoms with E-state index in [4.69, 9.17) is 5.73 Å². The number of hydrogen-bond donors (Lipinski definition) is 1. The number of thiophene rings is 1. The molecule has 2 aliphatic rings. The van der Waals surface area contributed by atoms with Crippen LogP contribution in [0.4, 0.5) is 5.69 Å². The zero-order valence-corrected chi connectivity index (χ0v) is 21.8. The lowest BCUT2D eigenvalue weighted by Crippen LogP contribution is -2.42. The van der Waals surface area contributed by atoms with Crippen LogP contribution >= 0.6 is 11.3 Å². The maximum atomic E-state index is 13.0. The van der Waals surface area contributed by atoms with Crippen molar-refractivity contribution in [1.29, 1.82) is 0 Å². The molecule has 1 aliphatic heterocycles. The molecular weight excluding hydrogens is 464 g/mol. The van der Waals surface area contributed by atoms with E-state index in [0.717, 1.165) is 61.9 Å². The maximum Gasteiger partial charge on any atom is 0.225 e. The lowest BCUT2D eigenvalue weighted by atomic mass is 9.86. The molecule has 1 saturated heterocycles. The average Bonchev–Trinajstić information content (AvgIpc) is 3.46. The standard InChI is InChI=1S/C31H36N2O2S/c32-28-13-12-26(30-7-4-18-36-30)20-27(28)21-29(34)24-10-8-22(9-11-24)19-23-14-16-33(17-15-23)31(35)25-5-2-1-3-6-25/h4,7-13,18,20,23,25H,1-3,5-6,14-17,19,21,32H2. The number of Topliss-reactive ketones (excluding diaryl/α,β-unsaturated/α-hetero) is 1. The number of anilines is 1. The van der Waals surface area contributed by atoms with Gasteiger partial charge >= 0.3 is 0 Å². The Balaban J connectivity index is 1.14. The van der Waals surface area contributed by atoms with Crippen molar-refractivity contribution >= 4 is 28.7 Å². The third kappa shape index (κ3) is 5.89. The summed E-state index contributed by atoms with van der Waals surface area (Å²) in [6.45, 7) is 1.78. The van der Waals surface area contributed by atoms with E-state index in [0.29, 0.717) is 23.9 Å². The molecule has 4 nitrogen and oxygen atoms in total. The molecule has 0 unspecified atom stereocenters. The van der Waals surface area contributed by atoms with Crippen molar-refractivity contribution in [3.05, 3.63) is 76.7 Å². The van der Waals surface area contributed by atoms with Gasteiger partial charge in [0.2, 0.25) is 5.91 Å². The largest absolute Gasteiger partial charge is 0.398 e. The molecule has 2 N–H and O–H groups in total. The fourth-order valence-electron chi connectivity index (χ4n) is 5.76. The zero-order chi connectivity index (χ0) is 24.9. The van der Waals surface area contributed by atoms with Crippen LogP contribution in [0.5, 0.6) is 0 Å².